The van der Waals surface area contributed by atoms with Crippen LogP contribution in [-0.2, 0) is 24.4 Å². The zero-order chi connectivity index (χ0) is 35.9. The molecular weight excluding hydrogens is 626 g/mol. The van der Waals surface area contributed by atoms with Crippen LogP contribution in [-0.4, -0.2) is 116 Å². The normalized spacial score (nSPS) is 20.3. The molecule has 0 spiro atoms. The summed E-state index contributed by atoms with van der Waals surface area (Å²) in [6.07, 6.45) is -3.31. The number of sulfonamides is 1. The first-order valence-electron chi connectivity index (χ1n) is 15.6. The number of alkyl halides is 2. The van der Waals surface area contributed by atoms with Gasteiger partial charge in [0, 0.05) is 39.1 Å². The Morgan fingerprint density at radius 3 is 1.98 bits per heavy atom. The van der Waals surface area contributed by atoms with E-state index >= 15 is 0 Å². The van der Waals surface area contributed by atoms with Crippen molar-refractivity contribution >= 4 is 33.8 Å². The Balaban J connectivity index is 3.34. The lowest BCUT2D eigenvalue weighted by atomic mass is 9.84. The topological polar surface area (TPSA) is 177 Å². The first kappa shape index (κ1) is 41.4. The Morgan fingerprint density at radius 1 is 0.978 bits per heavy atom. The molecule has 0 aliphatic carbocycles. The van der Waals surface area contributed by atoms with Gasteiger partial charge in [-0.2, -0.15) is 0 Å². The second-order valence-electron chi connectivity index (χ2n) is 14.8. The third-order valence-corrected chi connectivity index (χ3v) is 9.50. The van der Waals surface area contributed by atoms with Crippen molar-refractivity contribution in [1.82, 2.24) is 30.5 Å². The summed E-state index contributed by atoms with van der Waals surface area (Å²) in [6, 6.07) is -5.17. The molecule has 6 atom stereocenters. The summed E-state index contributed by atoms with van der Waals surface area (Å²) >= 11 is 0. The first-order chi connectivity index (χ1) is 20.8. The van der Waals surface area contributed by atoms with E-state index in [2.05, 4.69) is 21.3 Å². The van der Waals surface area contributed by atoms with Gasteiger partial charge >= 0.3 is 6.03 Å². The molecule has 5 amide bonds. The van der Waals surface area contributed by atoms with Gasteiger partial charge in [-0.1, -0.05) is 55.4 Å². The van der Waals surface area contributed by atoms with Crippen LogP contribution in [0.3, 0.4) is 0 Å². The molecule has 0 radical (unpaired) electrons. The number of amides is 5. The van der Waals surface area contributed by atoms with Gasteiger partial charge in [0.25, 0.3) is 0 Å². The van der Waals surface area contributed by atoms with Crippen molar-refractivity contribution in [3.63, 3.8) is 0 Å². The lowest BCUT2D eigenvalue weighted by Crippen LogP contribution is -2.62. The molecule has 13 nitrogen and oxygen atoms in total. The highest BCUT2D eigenvalue weighted by molar-refractivity contribution is 7.88. The molecule has 1 fully saturated rings. The van der Waals surface area contributed by atoms with E-state index in [1.165, 1.54) is 18.9 Å². The number of likely N-dealkylation sites (N-methyl/N-ethyl adjacent to an activating group) is 1. The van der Waals surface area contributed by atoms with Crippen molar-refractivity contribution in [2.45, 2.75) is 112 Å². The fraction of sp³-hybridized carbons (Fsp3) is 0.867. The standard InChI is InChI=1S/C30H56F2N6O7S/c1-17(2)19-12-13-38(23(19)26(41)34-20(14-22(31)32)25(40)33-15-18(3)39)27(42)24(30(7,8)9)36-28(43)35-21(29(4,5)6)16-37(10)46(11,44)45/h17-24,39H,12-16H2,1-11H3,(H,33,40)(H,34,41)(H2,35,36,43)/t18?,19?,20-,21+,23-,24+/m0/s1. The van der Waals surface area contributed by atoms with Gasteiger partial charge in [0.1, 0.15) is 18.1 Å². The van der Waals surface area contributed by atoms with Crippen molar-refractivity contribution in [3.8, 4) is 0 Å². The predicted octanol–water partition coefficient (Wildman–Crippen LogP) is 1.52. The van der Waals surface area contributed by atoms with Crippen LogP contribution in [0.1, 0.15) is 75.2 Å². The highest BCUT2D eigenvalue weighted by atomic mass is 32.2. The third kappa shape index (κ3) is 12.5. The van der Waals surface area contributed by atoms with Crippen molar-refractivity contribution in [2.24, 2.45) is 22.7 Å². The van der Waals surface area contributed by atoms with Gasteiger partial charge in [-0.3, -0.25) is 14.4 Å². The molecule has 1 heterocycles. The summed E-state index contributed by atoms with van der Waals surface area (Å²) in [6.45, 7) is 15.8. The average molecular weight is 683 g/mol. The number of carbonyl (C=O) groups is 4. The molecule has 0 aromatic carbocycles. The minimum absolute atomic E-state index is 0.0150. The summed E-state index contributed by atoms with van der Waals surface area (Å²) in [5.41, 5.74) is -1.40. The molecule has 1 rings (SSSR count). The number of rotatable bonds is 14. The van der Waals surface area contributed by atoms with Crippen LogP contribution in [0.2, 0.25) is 0 Å². The van der Waals surface area contributed by atoms with Crippen molar-refractivity contribution < 1.29 is 41.5 Å². The van der Waals surface area contributed by atoms with Crippen molar-refractivity contribution in [2.75, 3.05) is 32.9 Å². The summed E-state index contributed by atoms with van der Waals surface area (Å²) in [5, 5.41) is 19.8. The number of halogens is 2. The van der Waals surface area contributed by atoms with Crippen LogP contribution in [0.25, 0.3) is 0 Å². The number of aliphatic hydroxyl groups excluding tert-OH is 1. The van der Waals surface area contributed by atoms with Crippen LogP contribution in [0.4, 0.5) is 13.6 Å². The van der Waals surface area contributed by atoms with E-state index < -0.39 is 87.7 Å². The van der Waals surface area contributed by atoms with E-state index in [4.69, 9.17) is 0 Å². The summed E-state index contributed by atoms with van der Waals surface area (Å²) in [7, 11) is -2.13. The fourth-order valence-electron chi connectivity index (χ4n) is 5.21. The number of nitrogens with zero attached hydrogens (tertiary/aromatic N) is 2. The molecule has 16 heteroatoms. The van der Waals surface area contributed by atoms with Crippen LogP contribution in [0.15, 0.2) is 0 Å². The van der Waals surface area contributed by atoms with Gasteiger partial charge in [0.2, 0.25) is 34.2 Å². The monoisotopic (exact) mass is 682 g/mol. The number of hydrogen-bond donors (Lipinski definition) is 5. The molecule has 1 saturated heterocycles. The number of aliphatic hydroxyl groups is 1. The molecule has 1 aliphatic heterocycles. The smallest absolute Gasteiger partial charge is 0.315 e. The molecule has 0 bridgehead atoms. The SMILES string of the molecule is CC(O)CNC(=O)[C@H](CC(F)F)NC(=O)[C@@H]1C(C(C)C)CCN1C(=O)[C@@H](NC(=O)N[C@H](CN(C)S(C)(=O)=O)C(C)(C)C)C(C)(C)C. The Morgan fingerprint density at radius 2 is 1.54 bits per heavy atom. The Bertz CT molecular complexity index is 1170. The van der Waals surface area contributed by atoms with Gasteiger partial charge in [-0.25, -0.2) is 26.3 Å². The number of likely N-dealkylation sites (tertiary alicyclic amines) is 1. The van der Waals surface area contributed by atoms with Crippen molar-refractivity contribution in [3.05, 3.63) is 0 Å². The lowest BCUT2D eigenvalue weighted by Gasteiger charge is -2.38. The van der Waals surface area contributed by atoms with Crippen LogP contribution in [0.5, 0.6) is 0 Å². The minimum Gasteiger partial charge on any atom is -0.392 e. The summed E-state index contributed by atoms with van der Waals surface area (Å²) in [4.78, 5) is 55.2. The largest absolute Gasteiger partial charge is 0.392 e. The van der Waals surface area contributed by atoms with E-state index in [1.807, 2.05) is 34.6 Å². The van der Waals surface area contributed by atoms with E-state index in [0.29, 0.717) is 6.42 Å². The third-order valence-electron chi connectivity index (χ3n) is 8.22. The van der Waals surface area contributed by atoms with E-state index in [-0.39, 0.29) is 31.5 Å². The molecule has 268 valence electrons. The molecule has 0 aromatic rings. The summed E-state index contributed by atoms with van der Waals surface area (Å²) in [5.74, 6) is -2.66. The van der Waals surface area contributed by atoms with Gasteiger partial charge in [0.05, 0.1) is 12.4 Å². The number of nitrogens with one attached hydrogen (secondary N) is 4. The Labute approximate surface area is 273 Å². The maximum atomic E-state index is 14.2. The van der Waals surface area contributed by atoms with Crippen LogP contribution in [0, 0.1) is 22.7 Å². The number of hydrogen-bond acceptors (Lipinski definition) is 7. The molecule has 5 N–H and O–H groups in total. The van der Waals surface area contributed by atoms with Gasteiger partial charge in [-0.05, 0) is 36.0 Å². The molecule has 0 aromatic heterocycles. The molecule has 46 heavy (non-hydrogen) atoms. The van der Waals surface area contributed by atoms with E-state index in [9.17, 15) is 41.5 Å². The fourth-order valence-corrected chi connectivity index (χ4v) is 5.63. The second kappa shape index (κ2) is 16.5. The van der Waals surface area contributed by atoms with Gasteiger partial charge in [-0.15, -0.1) is 0 Å². The highest BCUT2D eigenvalue weighted by Crippen LogP contribution is 2.33. The van der Waals surface area contributed by atoms with Crippen LogP contribution < -0.4 is 21.3 Å². The molecule has 1 aliphatic rings. The molecule has 2 unspecified atom stereocenters. The van der Waals surface area contributed by atoms with Crippen LogP contribution >= 0.6 is 0 Å². The summed E-state index contributed by atoms with van der Waals surface area (Å²) < 4.78 is 52.0. The molecule has 0 saturated carbocycles. The highest BCUT2D eigenvalue weighted by Gasteiger charge is 2.48. The second-order valence-corrected chi connectivity index (χ2v) is 16.9. The minimum atomic E-state index is -3.53. The maximum Gasteiger partial charge on any atom is 0.315 e. The maximum absolute atomic E-state index is 14.2. The first-order valence-corrected chi connectivity index (χ1v) is 17.4. The van der Waals surface area contributed by atoms with E-state index in [1.54, 1.807) is 20.8 Å². The van der Waals surface area contributed by atoms with Crippen molar-refractivity contribution in [1.29, 1.82) is 0 Å². The average Bonchev–Trinajstić information content (AvgIpc) is 3.33. The number of carbonyl (C=O) groups excluding carboxylic acids is 4. The Kier molecular flexibility index (Phi) is 14.9. The van der Waals surface area contributed by atoms with Gasteiger partial charge < -0.3 is 31.3 Å². The molecular formula is C30H56F2N6O7S. The Hall–Kier alpha value is -2.59. The lowest BCUT2D eigenvalue weighted by molar-refractivity contribution is -0.144. The predicted molar refractivity (Wildman–Crippen MR) is 171 cm³/mol. The van der Waals surface area contributed by atoms with Gasteiger partial charge in [0.15, 0.2) is 0 Å². The quantitative estimate of drug-likeness (QED) is 0.184. The number of urea groups is 1. The van der Waals surface area contributed by atoms with E-state index in [0.717, 1.165) is 10.6 Å². The zero-order valence-corrected chi connectivity index (χ0v) is 29.9. The zero-order valence-electron chi connectivity index (χ0n) is 29.1.